The third-order valence-electron chi connectivity index (χ3n) is 2.72. The Bertz CT molecular complexity index is 514. The van der Waals surface area contributed by atoms with Gasteiger partial charge in [0.1, 0.15) is 11.6 Å². The van der Waals surface area contributed by atoms with Gasteiger partial charge in [-0.05, 0) is 37.1 Å². The van der Waals surface area contributed by atoms with Crippen LogP contribution in [0.25, 0.3) is 0 Å². The smallest absolute Gasteiger partial charge is 0.128 e. The number of nitrogens with zero attached hydrogens (tertiary/aromatic N) is 1. The van der Waals surface area contributed by atoms with Gasteiger partial charge in [0.05, 0.1) is 18.5 Å². The number of anilines is 2. The second-order valence-electron chi connectivity index (χ2n) is 4.38. The lowest BCUT2D eigenvalue weighted by atomic mass is 10.2. The Morgan fingerprint density at radius 3 is 2.79 bits per heavy atom. The Balaban J connectivity index is 1.69. The Hall–Kier alpha value is -2.23. The van der Waals surface area contributed by atoms with Crippen molar-refractivity contribution in [1.82, 2.24) is 4.98 Å². The number of para-hydroxylation sites is 1. The minimum atomic E-state index is 0.686. The normalized spacial score (nSPS) is 10.2. The minimum absolute atomic E-state index is 0.686. The molecular formula is C15H19N3O. The third kappa shape index (κ3) is 4.17. The lowest BCUT2D eigenvalue weighted by Gasteiger charge is -2.09. The van der Waals surface area contributed by atoms with E-state index in [1.807, 2.05) is 43.3 Å². The summed E-state index contributed by atoms with van der Waals surface area (Å²) in [5, 5.41) is 3.28. The molecular weight excluding hydrogens is 238 g/mol. The molecule has 0 saturated heterocycles. The van der Waals surface area contributed by atoms with Gasteiger partial charge in [0, 0.05) is 6.54 Å². The highest BCUT2D eigenvalue weighted by Crippen LogP contribution is 2.13. The van der Waals surface area contributed by atoms with Gasteiger partial charge in [0.15, 0.2) is 0 Å². The van der Waals surface area contributed by atoms with Crippen molar-refractivity contribution in [1.29, 1.82) is 0 Å². The number of nitrogens with two attached hydrogens (primary N) is 1. The van der Waals surface area contributed by atoms with E-state index in [9.17, 15) is 0 Å². The quantitative estimate of drug-likeness (QED) is 0.781. The Morgan fingerprint density at radius 1 is 1.26 bits per heavy atom. The van der Waals surface area contributed by atoms with Crippen molar-refractivity contribution in [2.45, 2.75) is 13.3 Å². The van der Waals surface area contributed by atoms with Gasteiger partial charge in [-0.15, -0.1) is 0 Å². The number of pyridine rings is 1. The van der Waals surface area contributed by atoms with Crippen LogP contribution in [0.5, 0.6) is 5.75 Å². The number of nitrogens with one attached hydrogen (secondary N) is 1. The summed E-state index contributed by atoms with van der Waals surface area (Å²) in [6.07, 6.45) is 2.58. The molecule has 0 atom stereocenters. The lowest BCUT2D eigenvalue weighted by molar-refractivity contribution is 0.315. The second-order valence-corrected chi connectivity index (χ2v) is 4.38. The number of hydrogen-bond acceptors (Lipinski definition) is 4. The van der Waals surface area contributed by atoms with Crippen LogP contribution < -0.4 is 15.8 Å². The summed E-state index contributed by atoms with van der Waals surface area (Å²) in [5.74, 6) is 1.79. The van der Waals surface area contributed by atoms with E-state index in [2.05, 4.69) is 10.3 Å². The molecule has 0 radical (unpaired) electrons. The fraction of sp³-hybridized carbons (Fsp3) is 0.267. The molecule has 4 nitrogen and oxygen atoms in total. The predicted octanol–water partition coefficient (Wildman–Crippen LogP) is 2.85. The molecule has 19 heavy (non-hydrogen) atoms. The molecule has 0 spiro atoms. The molecule has 2 aromatic rings. The van der Waals surface area contributed by atoms with Crippen molar-refractivity contribution in [3.63, 3.8) is 0 Å². The highest BCUT2D eigenvalue weighted by molar-refractivity contribution is 5.50. The van der Waals surface area contributed by atoms with Crippen molar-refractivity contribution < 1.29 is 4.74 Å². The number of hydrogen-bond donors (Lipinski definition) is 2. The van der Waals surface area contributed by atoms with Crippen LogP contribution in [-0.4, -0.2) is 18.1 Å². The summed E-state index contributed by atoms with van der Waals surface area (Å²) in [5.41, 5.74) is 7.41. The number of nitrogen functional groups attached to an aromatic ring is 1. The highest BCUT2D eigenvalue weighted by Gasteiger charge is 1.99. The molecule has 0 bridgehead atoms. The third-order valence-corrected chi connectivity index (χ3v) is 2.72. The first kappa shape index (κ1) is 13.2. The first-order chi connectivity index (χ1) is 9.25. The van der Waals surface area contributed by atoms with Gasteiger partial charge in [-0.2, -0.15) is 0 Å². The summed E-state index contributed by atoms with van der Waals surface area (Å²) in [4.78, 5) is 4.26. The van der Waals surface area contributed by atoms with Gasteiger partial charge in [-0.25, -0.2) is 4.98 Å². The van der Waals surface area contributed by atoms with Crippen LogP contribution in [0.15, 0.2) is 42.6 Å². The van der Waals surface area contributed by atoms with Gasteiger partial charge in [-0.1, -0.05) is 18.2 Å². The maximum absolute atomic E-state index is 5.66. The van der Waals surface area contributed by atoms with Gasteiger partial charge in [0.25, 0.3) is 0 Å². The fourth-order valence-electron chi connectivity index (χ4n) is 1.77. The van der Waals surface area contributed by atoms with Gasteiger partial charge in [0.2, 0.25) is 0 Å². The molecule has 100 valence electrons. The molecule has 2 rings (SSSR count). The van der Waals surface area contributed by atoms with E-state index in [4.69, 9.17) is 10.5 Å². The molecule has 1 heterocycles. The number of aromatic nitrogens is 1. The van der Waals surface area contributed by atoms with E-state index in [0.29, 0.717) is 12.3 Å². The highest BCUT2D eigenvalue weighted by atomic mass is 16.5. The van der Waals surface area contributed by atoms with Crippen LogP contribution in [0.2, 0.25) is 0 Å². The van der Waals surface area contributed by atoms with Crippen LogP contribution in [0, 0.1) is 6.92 Å². The average molecular weight is 257 g/mol. The number of rotatable bonds is 6. The zero-order valence-electron chi connectivity index (χ0n) is 11.1. The molecule has 4 heteroatoms. The molecule has 3 N–H and O–H groups in total. The molecule has 0 amide bonds. The minimum Gasteiger partial charge on any atom is -0.494 e. The Labute approximate surface area is 113 Å². The summed E-state index contributed by atoms with van der Waals surface area (Å²) >= 11 is 0. The second kappa shape index (κ2) is 6.64. The van der Waals surface area contributed by atoms with Crippen LogP contribution in [0.1, 0.15) is 12.0 Å². The average Bonchev–Trinajstić information content (AvgIpc) is 2.42. The van der Waals surface area contributed by atoms with E-state index in [-0.39, 0.29) is 0 Å². The maximum atomic E-state index is 5.66. The van der Waals surface area contributed by atoms with E-state index >= 15 is 0 Å². The van der Waals surface area contributed by atoms with Crippen molar-refractivity contribution in [2.24, 2.45) is 0 Å². The topological polar surface area (TPSA) is 60.2 Å². The molecule has 0 aliphatic heterocycles. The summed E-state index contributed by atoms with van der Waals surface area (Å²) < 4.78 is 5.61. The summed E-state index contributed by atoms with van der Waals surface area (Å²) in [6, 6.07) is 11.7. The van der Waals surface area contributed by atoms with Crippen LogP contribution in [0.3, 0.4) is 0 Å². The van der Waals surface area contributed by atoms with Crippen molar-refractivity contribution >= 4 is 11.5 Å². The zero-order chi connectivity index (χ0) is 13.5. The van der Waals surface area contributed by atoms with Crippen molar-refractivity contribution in [2.75, 3.05) is 24.2 Å². The van der Waals surface area contributed by atoms with Gasteiger partial charge < -0.3 is 15.8 Å². The van der Waals surface area contributed by atoms with Crippen LogP contribution in [0.4, 0.5) is 11.5 Å². The molecule has 0 unspecified atom stereocenters. The molecule has 0 aliphatic rings. The molecule has 0 saturated carbocycles. The molecule has 0 fully saturated rings. The molecule has 1 aromatic carbocycles. The van der Waals surface area contributed by atoms with Crippen LogP contribution in [-0.2, 0) is 0 Å². The van der Waals surface area contributed by atoms with Gasteiger partial charge in [-0.3, -0.25) is 0 Å². The lowest BCUT2D eigenvalue weighted by Crippen LogP contribution is -2.09. The molecule has 1 aromatic heterocycles. The van der Waals surface area contributed by atoms with Gasteiger partial charge >= 0.3 is 0 Å². The van der Waals surface area contributed by atoms with E-state index in [1.165, 1.54) is 0 Å². The van der Waals surface area contributed by atoms with E-state index < -0.39 is 0 Å². The number of aryl methyl sites for hydroxylation is 1. The maximum Gasteiger partial charge on any atom is 0.128 e. The number of benzene rings is 1. The summed E-state index contributed by atoms with van der Waals surface area (Å²) in [6.45, 7) is 3.50. The van der Waals surface area contributed by atoms with E-state index in [0.717, 1.165) is 30.1 Å². The largest absolute Gasteiger partial charge is 0.494 e. The monoisotopic (exact) mass is 257 g/mol. The van der Waals surface area contributed by atoms with Crippen molar-refractivity contribution in [3.8, 4) is 5.75 Å². The number of ether oxygens (including phenoxy) is 1. The van der Waals surface area contributed by atoms with Crippen LogP contribution >= 0.6 is 0 Å². The Morgan fingerprint density at radius 2 is 2.05 bits per heavy atom. The first-order valence-corrected chi connectivity index (χ1v) is 6.39. The molecule has 0 aliphatic carbocycles. The Kier molecular flexibility index (Phi) is 4.61. The summed E-state index contributed by atoms with van der Waals surface area (Å²) in [7, 11) is 0. The predicted molar refractivity (Wildman–Crippen MR) is 78.4 cm³/mol. The standard InChI is InChI=1S/C15H19N3O/c1-12-10-13(16)11-18-15(12)17-8-5-9-19-14-6-3-2-4-7-14/h2-4,6-7,10-11H,5,8-9,16H2,1H3,(H,17,18). The van der Waals surface area contributed by atoms with Crippen molar-refractivity contribution in [3.05, 3.63) is 48.2 Å². The SMILES string of the molecule is Cc1cc(N)cnc1NCCCOc1ccccc1. The van der Waals surface area contributed by atoms with E-state index in [1.54, 1.807) is 6.20 Å². The zero-order valence-corrected chi connectivity index (χ0v) is 11.1. The fourth-order valence-corrected chi connectivity index (χ4v) is 1.77. The first-order valence-electron chi connectivity index (χ1n) is 6.39.